The third kappa shape index (κ3) is 9.05. The SMILES string of the molecule is CCN1CCC(NC(=O)c2cc(OC)c(Nc3ncc(C(F)(F)F)c(CC[C@@H](C)C4CCCC[C@H]4NC(C)=O)n3)cc2F)CC1. The number of halogens is 4. The van der Waals surface area contributed by atoms with Crippen LogP contribution < -0.4 is 20.7 Å². The number of methoxy groups -OCH3 is 1. The highest BCUT2D eigenvalue weighted by atomic mass is 19.4. The van der Waals surface area contributed by atoms with Crippen LogP contribution in [-0.2, 0) is 17.4 Å². The number of ether oxygens (including phenoxy) is 1. The minimum absolute atomic E-state index is 0.00235. The molecule has 1 saturated carbocycles. The third-order valence-corrected chi connectivity index (χ3v) is 9.10. The van der Waals surface area contributed by atoms with Crippen molar-refractivity contribution >= 4 is 23.5 Å². The highest BCUT2D eigenvalue weighted by Gasteiger charge is 2.36. The summed E-state index contributed by atoms with van der Waals surface area (Å²) < 4.78 is 62.4. The molecular formula is C32H44F4N6O3. The highest BCUT2D eigenvalue weighted by molar-refractivity contribution is 5.96. The summed E-state index contributed by atoms with van der Waals surface area (Å²) in [5.41, 5.74) is -1.23. The van der Waals surface area contributed by atoms with Crippen molar-refractivity contribution in [3.8, 4) is 5.75 Å². The van der Waals surface area contributed by atoms with Crippen molar-refractivity contribution in [3.63, 3.8) is 0 Å². The molecule has 1 saturated heterocycles. The molecule has 0 spiro atoms. The second kappa shape index (κ2) is 15.2. The van der Waals surface area contributed by atoms with Gasteiger partial charge < -0.3 is 25.6 Å². The molecule has 0 radical (unpaired) electrons. The number of alkyl halides is 3. The van der Waals surface area contributed by atoms with E-state index in [-0.39, 0.29) is 64.9 Å². The van der Waals surface area contributed by atoms with Gasteiger partial charge in [0.25, 0.3) is 5.91 Å². The Balaban J connectivity index is 1.50. The minimum Gasteiger partial charge on any atom is -0.495 e. The van der Waals surface area contributed by atoms with Crippen molar-refractivity contribution in [2.24, 2.45) is 11.8 Å². The molecule has 2 fully saturated rings. The predicted molar refractivity (Wildman–Crippen MR) is 163 cm³/mol. The number of nitrogens with zero attached hydrogens (tertiary/aromatic N) is 3. The lowest BCUT2D eigenvalue weighted by Crippen LogP contribution is -2.44. The second-order valence-electron chi connectivity index (χ2n) is 12.2. The number of rotatable bonds is 11. The fraction of sp³-hybridized carbons (Fsp3) is 0.625. The number of hydrogen-bond donors (Lipinski definition) is 3. The first kappa shape index (κ1) is 34.4. The third-order valence-electron chi connectivity index (χ3n) is 9.10. The molecule has 1 aliphatic carbocycles. The average molecular weight is 637 g/mol. The van der Waals surface area contributed by atoms with Crippen molar-refractivity contribution in [2.75, 3.05) is 32.1 Å². The van der Waals surface area contributed by atoms with E-state index in [0.717, 1.165) is 70.4 Å². The Kier molecular flexibility index (Phi) is 11.6. The Bertz CT molecular complexity index is 1330. The lowest BCUT2D eigenvalue weighted by molar-refractivity contribution is -0.138. The van der Waals surface area contributed by atoms with Crippen LogP contribution in [-0.4, -0.2) is 65.5 Å². The van der Waals surface area contributed by atoms with Gasteiger partial charge in [0, 0.05) is 44.4 Å². The Morgan fingerprint density at radius 1 is 1.11 bits per heavy atom. The largest absolute Gasteiger partial charge is 0.495 e. The van der Waals surface area contributed by atoms with Crippen LogP contribution in [0.4, 0.5) is 29.2 Å². The van der Waals surface area contributed by atoms with E-state index < -0.39 is 23.5 Å². The lowest BCUT2D eigenvalue weighted by Gasteiger charge is -2.36. The van der Waals surface area contributed by atoms with Crippen LogP contribution in [0, 0.1) is 17.7 Å². The number of carbonyl (C=O) groups excluding carboxylic acids is 2. The summed E-state index contributed by atoms with van der Waals surface area (Å²) in [5.74, 6) is -1.33. The van der Waals surface area contributed by atoms with E-state index in [0.29, 0.717) is 6.42 Å². The topological polar surface area (TPSA) is 108 Å². The van der Waals surface area contributed by atoms with E-state index in [1.165, 1.54) is 20.1 Å². The molecule has 2 heterocycles. The molecule has 13 heteroatoms. The van der Waals surface area contributed by atoms with Gasteiger partial charge in [0.15, 0.2) is 0 Å². The van der Waals surface area contributed by atoms with Crippen LogP contribution in [0.15, 0.2) is 18.3 Å². The molecule has 3 N–H and O–H groups in total. The fourth-order valence-electron chi connectivity index (χ4n) is 6.54. The van der Waals surface area contributed by atoms with Crippen LogP contribution in [0.25, 0.3) is 0 Å². The number of likely N-dealkylation sites (tertiary alicyclic amines) is 1. The van der Waals surface area contributed by atoms with Gasteiger partial charge in [-0.25, -0.2) is 14.4 Å². The first-order chi connectivity index (χ1) is 21.4. The zero-order valence-corrected chi connectivity index (χ0v) is 26.4. The summed E-state index contributed by atoms with van der Waals surface area (Å²) in [6.07, 6.45) is 1.82. The maximum Gasteiger partial charge on any atom is 0.419 e. The van der Waals surface area contributed by atoms with Crippen molar-refractivity contribution in [3.05, 3.63) is 41.0 Å². The van der Waals surface area contributed by atoms with Gasteiger partial charge in [-0.05, 0) is 63.0 Å². The number of hydrogen-bond acceptors (Lipinski definition) is 7. The number of nitrogens with one attached hydrogen (secondary N) is 3. The summed E-state index contributed by atoms with van der Waals surface area (Å²) >= 11 is 0. The predicted octanol–water partition coefficient (Wildman–Crippen LogP) is 5.86. The molecule has 4 rings (SSSR count). The van der Waals surface area contributed by atoms with Crippen molar-refractivity contribution in [1.29, 1.82) is 0 Å². The lowest BCUT2D eigenvalue weighted by atomic mass is 9.75. The highest BCUT2D eigenvalue weighted by Crippen LogP contribution is 2.36. The van der Waals surface area contributed by atoms with Gasteiger partial charge in [0.1, 0.15) is 11.6 Å². The van der Waals surface area contributed by atoms with Crippen LogP contribution in [0.3, 0.4) is 0 Å². The fourth-order valence-corrected chi connectivity index (χ4v) is 6.54. The normalized spacial score (nSPS) is 20.4. The number of aryl methyl sites for hydroxylation is 1. The van der Waals surface area contributed by atoms with Crippen LogP contribution in [0.1, 0.15) is 87.3 Å². The molecule has 248 valence electrons. The zero-order valence-electron chi connectivity index (χ0n) is 26.4. The first-order valence-electron chi connectivity index (χ1n) is 15.8. The van der Waals surface area contributed by atoms with E-state index in [2.05, 4.69) is 37.7 Å². The number of amides is 2. The zero-order chi connectivity index (χ0) is 32.7. The number of aromatic nitrogens is 2. The van der Waals surface area contributed by atoms with Crippen LogP contribution in [0.5, 0.6) is 5.75 Å². The van der Waals surface area contributed by atoms with Gasteiger partial charge in [-0.15, -0.1) is 0 Å². The molecule has 2 aromatic rings. The van der Waals surface area contributed by atoms with Crippen molar-refractivity contribution in [1.82, 2.24) is 25.5 Å². The number of anilines is 2. The Labute approximate surface area is 261 Å². The minimum atomic E-state index is -4.66. The van der Waals surface area contributed by atoms with Crippen LogP contribution >= 0.6 is 0 Å². The summed E-state index contributed by atoms with van der Waals surface area (Å²) in [6, 6.07) is 2.25. The van der Waals surface area contributed by atoms with Gasteiger partial charge in [0.05, 0.1) is 29.6 Å². The molecule has 1 aliphatic heterocycles. The summed E-state index contributed by atoms with van der Waals surface area (Å²) in [5, 5.41) is 8.69. The van der Waals surface area contributed by atoms with E-state index in [1.54, 1.807) is 0 Å². The summed E-state index contributed by atoms with van der Waals surface area (Å²) in [6.45, 7) is 8.19. The molecule has 9 nitrogen and oxygen atoms in total. The summed E-state index contributed by atoms with van der Waals surface area (Å²) in [7, 11) is 1.35. The number of carbonyl (C=O) groups is 2. The number of benzene rings is 1. The van der Waals surface area contributed by atoms with Crippen molar-refractivity contribution < 1.29 is 31.9 Å². The van der Waals surface area contributed by atoms with Gasteiger partial charge in [-0.1, -0.05) is 26.7 Å². The second-order valence-corrected chi connectivity index (χ2v) is 12.2. The van der Waals surface area contributed by atoms with E-state index in [1.807, 2.05) is 6.92 Å². The molecule has 1 aromatic heterocycles. The van der Waals surface area contributed by atoms with E-state index in [4.69, 9.17) is 4.74 Å². The monoisotopic (exact) mass is 636 g/mol. The molecule has 1 aromatic carbocycles. The van der Waals surface area contributed by atoms with Crippen molar-refractivity contribution in [2.45, 2.75) is 90.4 Å². The average Bonchev–Trinajstić information content (AvgIpc) is 3.00. The molecule has 45 heavy (non-hydrogen) atoms. The molecule has 0 bridgehead atoms. The van der Waals surface area contributed by atoms with Gasteiger partial charge >= 0.3 is 6.18 Å². The quantitative estimate of drug-likeness (QED) is 0.265. The Morgan fingerprint density at radius 2 is 1.82 bits per heavy atom. The van der Waals surface area contributed by atoms with E-state index in [9.17, 15) is 22.8 Å². The maximum absolute atomic E-state index is 15.2. The Hall–Kier alpha value is -3.48. The molecule has 1 unspecified atom stereocenters. The molecule has 2 aliphatic rings. The van der Waals surface area contributed by atoms with Gasteiger partial charge in [0.2, 0.25) is 11.9 Å². The molecule has 3 atom stereocenters. The number of piperidine rings is 1. The van der Waals surface area contributed by atoms with Gasteiger partial charge in [-0.3, -0.25) is 9.59 Å². The van der Waals surface area contributed by atoms with E-state index >= 15 is 4.39 Å². The molecule has 2 amide bonds. The standard InChI is InChI=1S/C32H44F4N6O3/c1-5-42-14-12-21(13-15-42)39-30(44)23-16-29(45-4)28(17-25(23)33)41-31-37-18-24(32(34,35)36)27(40-31)11-10-19(2)22-8-6-7-9-26(22)38-20(3)43/h16-19,21-22,26H,5-15H2,1-4H3,(H,38,43)(H,39,44)(H,37,40,41)/t19-,22?,26-/m1/s1. The first-order valence-corrected chi connectivity index (χ1v) is 15.8. The Morgan fingerprint density at radius 3 is 2.47 bits per heavy atom. The van der Waals surface area contributed by atoms with Crippen LogP contribution in [0.2, 0.25) is 0 Å². The summed E-state index contributed by atoms with van der Waals surface area (Å²) in [4.78, 5) is 35.0. The molecular weight excluding hydrogens is 592 g/mol. The smallest absolute Gasteiger partial charge is 0.419 e. The maximum atomic E-state index is 15.2. The van der Waals surface area contributed by atoms with Gasteiger partial charge in [-0.2, -0.15) is 13.2 Å².